The van der Waals surface area contributed by atoms with Gasteiger partial charge in [-0.25, -0.2) is 9.18 Å². The minimum atomic E-state index is -0.939. The highest BCUT2D eigenvalue weighted by Crippen LogP contribution is 2.18. The standard InChI is InChI=1S/C16H16ClFN2O2/c1-10(15(21)11-5-7-13(18)8-6-11)19-16(22)20-14-4-2-3-12(17)9-14/h2-10,15,21H,1H3,(H2,19,20,22). The number of nitrogens with one attached hydrogen (secondary N) is 2. The maximum Gasteiger partial charge on any atom is 0.319 e. The Bertz CT molecular complexity index is 649. The monoisotopic (exact) mass is 322 g/mol. The Hall–Kier alpha value is -2.11. The third-order valence-corrected chi connectivity index (χ3v) is 3.36. The second-order valence-corrected chi connectivity index (χ2v) is 5.33. The Morgan fingerprint density at radius 2 is 1.91 bits per heavy atom. The number of carbonyl (C=O) groups excluding carboxylic acids is 1. The number of anilines is 1. The zero-order valence-corrected chi connectivity index (χ0v) is 12.6. The normalized spacial score (nSPS) is 13.3. The molecule has 0 aliphatic carbocycles. The van der Waals surface area contributed by atoms with Crippen molar-refractivity contribution in [1.82, 2.24) is 5.32 Å². The van der Waals surface area contributed by atoms with E-state index in [2.05, 4.69) is 10.6 Å². The molecule has 22 heavy (non-hydrogen) atoms. The summed E-state index contributed by atoms with van der Waals surface area (Å²) in [6.45, 7) is 1.66. The summed E-state index contributed by atoms with van der Waals surface area (Å²) < 4.78 is 12.9. The molecule has 0 spiro atoms. The topological polar surface area (TPSA) is 61.4 Å². The molecule has 0 fully saturated rings. The van der Waals surface area contributed by atoms with Crippen LogP contribution in [0.1, 0.15) is 18.6 Å². The summed E-state index contributed by atoms with van der Waals surface area (Å²) in [5.74, 6) is -0.379. The molecule has 4 nitrogen and oxygen atoms in total. The van der Waals surface area contributed by atoms with Gasteiger partial charge in [-0.05, 0) is 42.8 Å². The van der Waals surface area contributed by atoms with Gasteiger partial charge in [0, 0.05) is 10.7 Å². The first kappa shape index (κ1) is 16.3. The van der Waals surface area contributed by atoms with Crippen molar-refractivity contribution in [3.05, 3.63) is 64.9 Å². The zero-order valence-electron chi connectivity index (χ0n) is 11.9. The fraction of sp³-hybridized carbons (Fsp3) is 0.188. The fourth-order valence-electron chi connectivity index (χ4n) is 1.97. The van der Waals surface area contributed by atoms with Crippen LogP contribution in [0.25, 0.3) is 0 Å². The lowest BCUT2D eigenvalue weighted by Crippen LogP contribution is -2.39. The second kappa shape index (κ2) is 7.24. The van der Waals surface area contributed by atoms with Crippen molar-refractivity contribution in [2.75, 3.05) is 5.32 Å². The molecule has 0 saturated carbocycles. The minimum Gasteiger partial charge on any atom is -0.386 e. The summed E-state index contributed by atoms with van der Waals surface area (Å²) >= 11 is 5.83. The fourth-order valence-corrected chi connectivity index (χ4v) is 2.16. The van der Waals surface area contributed by atoms with Gasteiger partial charge in [0.25, 0.3) is 0 Å². The van der Waals surface area contributed by atoms with E-state index in [1.165, 1.54) is 24.3 Å². The number of benzene rings is 2. The van der Waals surface area contributed by atoms with E-state index in [-0.39, 0.29) is 5.82 Å². The lowest BCUT2D eigenvalue weighted by molar-refractivity contribution is 0.139. The molecule has 2 atom stereocenters. The Labute approximate surface area is 132 Å². The van der Waals surface area contributed by atoms with Crippen LogP contribution in [0.15, 0.2) is 48.5 Å². The molecule has 2 rings (SSSR count). The molecule has 3 N–H and O–H groups in total. The highest BCUT2D eigenvalue weighted by Gasteiger charge is 2.18. The lowest BCUT2D eigenvalue weighted by atomic mass is 10.0. The molecule has 6 heteroatoms. The van der Waals surface area contributed by atoms with E-state index in [0.717, 1.165) is 0 Å². The van der Waals surface area contributed by atoms with Crippen LogP contribution in [0.2, 0.25) is 5.02 Å². The molecule has 0 aliphatic heterocycles. The molecular formula is C16H16ClFN2O2. The number of aliphatic hydroxyl groups is 1. The highest BCUT2D eigenvalue weighted by molar-refractivity contribution is 6.30. The molecule has 2 aromatic rings. The molecule has 2 amide bonds. The number of urea groups is 1. The predicted octanol–water partition coefficient (Wildman–Crippen LogP) is 3.72. The first-order chi connectivity index (χ1) is 10.5. The van der Waals surface area contributed by atoms with E-state index in [1.54, 1.807) is 31.2 Å². The number of aliphatic hydroxyl groups excluding tert-OH is 1. The molecular weight excluding hydrogens is 307 g/mol. The van der Waals surface area contributed by atoms with Crippen molar-refractivity contribution < 1.29 is 14.3 Å². The summed E-state index contributed by atoms with van der Waals surface area (Å²) in [6.07, 6.45) is -0.939. The molecule has 0 heterocycles. The number of carbonyl (C=O) groups is 1. The summed E-state index contributed by atoms with van der Waals surface area (Å²) in [5.41, 5.74) is 1.07. The van der Waals surface area contributed by atoms with Crippen molar-refractivity contribution in [3.8, 4) is 0 Å². The third kappa shape index (κ3) is 4.44. The third-order valence-electron chi connectivity index (χ3n) is 3.13. The first-order valence-corrected chi connectivity index (χ1v) is 7.10. The smallest absolute Gasteiger partial charge is 0.319 e. The van der Waals surface area contributed by atoms with Crippen LogP contribution in [0.5, 0.6) is 0 Å². The Morgan fingerprint density at radius 3 is 2.55 bits per heavy atom. The van der Waals surface area contributed by atoms with Gasteiger partial charge < -0.3 is 15.7 Å². The van der Waals surface area contributed by atoms with Crippen LogP contribution < -0.4 is 10.6 Å². The van der Waals surface area contributed by atoms with Crippen molar-refractivity contribution in [3.63, 3.8) is 0 Å². The number of halogens is 2. The molecule has 2 unspecified atom stereocenters. The van der Waals surface area contributed by atoms with E-state index in [9.17, 15) is 14.3 Å². The predicted molar refractivity (Wildman–Crippen MR) is 84.4 cm³/mol. The van der Waals surface area contributed by atoms with Gasteiger partial charge in [0.2, 0.25) is 0 Å². The number of amides is 2. The van der Waals surface area contributed by atoms with Crippen molar-refractivity contribution in [2.24, 2.45) is 0 Å². The van der Waals surface area contributed by atoms with Crippen LogP contribution in [-0.2, 0) is 0 Å². The summed E-state index contributed by atoms with van der Waals surface area (Å²) in [7, 11) is 0. The van der Waals surface area contributed by atoms with Gasteiger partial charge in [-0.15, -0.1) is 0 Å². The molecule has 0 radical (unpaired) electrons. The molecule has 0 saturated heterocycles. The summed E-state index contributed by atoms with van der Waals surface area (Å²) in [5, 5.41) is 15.9. The number of hydrogen-bond donors (Lipinski definition) is 3. The molecule has 0 aliphatic rings. The van der Waals surface area contributed by atoms with Gasteiger partial charge in [-0.2, -0.15) is 0 Å². The SMILES string of the molecule is CC(NC(=O)Nc1cccc(Cl)c1)C(O)c1ccc(F)cc1. The Kier molecular flexibility index (Phi) is 5.35. The van der Waals surface area contributed by atoms with Crippen molar-refractivity contribution in [1.29, 1.82) is 0 Å². The molecule has 0 bridgehead atoms. The van der Waals surface area contributed by atoms with Crippen LogP contribution in [0, 0.1) is 5.82 Å². The summed E-state index contributed by atoms with van der Waals surface area (Å²) in [6, 6.07) is 11.2. The Morgan fingerprint density at radius 1 is 1.23 bits per heavy atom. The molecule has 2 aromatic carbocycles. The zero-order chi connectivity index (χ0) is 16.1. The van der Waals surface area contributed by atoms with Crippen LogP contribution in [0.3, 0.4) is 0 Å². The van der Waals surface area contributed by atoms with E-state index in [0.29, 0.717) is 16.3 Å². The van der Waals surface area contributed by atoms with Crippen molar-refractivity contribution in [2.45, 2.75) is 19.1 Å². The minimum absolute atomic E-state index is 0.379. The van der Waals surface area contributed by atoms with Crippen LogP contribution >= 0.6 is 11.6 Å². The maximum atomic E-state index is 12.9. The maximum absolute atomic E-state index is 12.9. The van der Waals surface area contributed by atoms with Gasteiger partial charge >= 0.3 is 6.03 Å². The van der Waals surface area contributed by atoms with Gasteiger partial charge in [0.15, 0.2) is 0 Å². The summed E-state index contributed by atoms with van der Waals surface area (Å²) in [4.78, 5) is 11.9. The van der Waals surface area contributed by atoms with E-state index < -0.39 is 18.2 Å². The Balaban J connectivity index is 1.94. The van der Waals surface area contributed by atoms with E-state index in [1.807, 2.05) is 0 Å². The first-order valence-electron chi connectivity index (χ1n) is 6.72. The highest BCUT2D eigenvalue weighted by atomic mass is 35.5. The quantitative estimate of drug-likeness (QED) is 0.803. The lowest BCUT2D eigenvalue weighted by Gasteiger charge is -2.21. The molecule has 116 valence electrons. The van der Waals surface area contributed by atoms with E-state index >= 15 is 0 Å². The second-order valence-electron chi connectivity index (χ2n) is 4.89. The number of rotatable bonds is 4. The van der Waals surface area contributed by atoms with Gasteiger partial charge in [-0.1, -0.05) is 29.8 Å². The van der Waals surface area contributed by atoms with Crippen LogP contribution in [0.4, 0.5) is 14.9 Å². The van der Waals surface area contributed by atoms with Crippen LogP contribution in [-0.4, -0.2) is 17.2 Å². The van der Waals surface area contributed by atoms with Gasteiger partial charge in [0.05, 0.1) is 12.1 Å². The van der Waals surface area contributed by atoms with Gasteiger partial charge in [-0.3, -0.25) is 0 Å². The average molecular weight is 323 g/mol. The van der Waals surface area contributed by atoms with E-state index in [4.69, 9.17) is 11.6 Å². The number of hydrogen-bond acceptors (Lipinski definition) is 2. The average Bonchev–Trinajstić information content (AvgIpc) is 2.47. The van der Waals surface area contributed by atoms with Gasteiger partial charge in [0.1, 0.15) is 5.82 Å². The molecule has 0 aromatic heterocycles. The van der Waals surface area contributed by atoms with Crippen molar-refractivity contribution >= 4 is 23.3 Å². The largest absolute Gasteiger partial charge is 0.386 e.